The van der Waals surface area contributed by atoms with Crippen LogP contribution >= 0.6 is 23.6 Å². The quantitative estimate of drug-likeness (QED) is 0.504. The summed E-state index contributed by atoms with van der Waals surface area (Å²) in [5, 5.41) is 10.4. The minimum atomic E-state index is 0.115. The fourth-order valence-electron chi connectivity index (χ4n) is 4.99. The Labute approximate surface area is 207 Å². The Kier molecular flexibility index (Phi) is 8.41. The molecule has 2 aromatic heterocycles. The topological polar surface area (TPSA) is 55.1 Å². The number of piperidine rings is 1. The lowest BCUT2D eigenvalue weighted by Crippen LogP contribution is -2.44. The van der Waals surface area contributed by atoms with Gasteiger partial charge >= 0.3 is 0 Å². The number of thiophene rings is 1. The van der Waals surface area contributed by atoms with Gasteiger partial charge in [-0.25, -0.2) is 4.68 Å². The molecule has 1 aliphatic heterocycles. The summed E-state index contributed by atoms with van der Waals surface area (Å²) in [6.45, 7) is 8.92. The zero-order valence-electron chi connectivity index (χ0n) is 20.3. The molecule has 0 radical (unpaired) electrons. The van der Waals surface area contributed by atoms with E-state index in [0.717, 1.165) is 42.9 Å². The maximum atomic E-state index is 12.6. The number of nitrogens with zero attached hydrogens (tertiary/aromatic N) is 4. The highest BCUT2D eigenvalue weighted by Crippen LogP contribution is 2.30. The molecule has 8 heteroatoms. The van der Waals surface area contributed by atoms with Crippen LogP contribution in [0.15, 0.2) is 17.5 Å². The number of hydrogen-bond acceptors (Lipinski definition) is 5. The first kappa shape index (κ1) is 24.6. The molecule has 1 saturated carbocycles. The van der Waals surface area contributed by atoms with Gasteiger partial charge in [0.1, 0.15) is 5.82 Å². The van der Waals surface area contributed by atoms with Crippen LogP contribution in [0.3, 0.4) is 0 Å². The lowest BCUT2D eigenvalue weighted by atomic mass is 9.95. The van der Waals surface area contributed by atoms with Gasteiger partial charge in [0.05, 0.1) is 6.67 Å². The monoisotopic (exact) mass is 489 g/mol. The summed E-state index contributed by atoms with van der Waals surface area (Å²) >= 11 is 7.76. The van der Waals surface area contributed by atoms with Crippen LogP contribution in [0.2, 0.25) is 0 Å². The van der Waals surface area contributed by atoms with E-state index in [1.54, 1.807) is 11.3 Å². The highest BCUT2D eigenvalue weighted by molar-refractivity contribution is 7.71. The zero-order chi connectivity index (χ0) is 23.4. The van der Waals surface area contributed by atoms with E-state index < -0.39 is 0 Å². The van der Waals surface area contributed by atoms with E-state index >= 15 is 0 Å². The van der Waals surface area contributed by atoms with E-state index in [-0.39, 0.29) is 17.9 Å². The molecule has 33 heavy (non-hydrogen) atoms. The van der Waals surface area contributed by atoms with Gasteiger partial charge in [0.2, 0.25) is 5.91 Å². The molecular weight excluding hydrogens is 450 g/mol. The first-order valence-electron chi connectivity index (χ1n) is 12.7. The standard InChI is InChI=1S/C25H39N5OS2/c1-18(2)19(3)26-24(31)20-11-13-28(14-12-20)17-29-25(32)30(21-8-5-4-6-9-21)23(27-29)16-22-10-7-15-33-22/h7,10,15,18-21H,4-6,8-9,11-14,16-17H2,1-3H3,(H,26,31). The summed E-state index contributed by atoms with van der Waals surface area (Å²) in [5.41, 5.74) is 0. The molecule has 0 spiro atoms. The molecule has 4 rings (SSSR count). The highest BCUT2D eigenvalue weighted by Gasteiger charge is 2.28. The Bertz CT molecular complexity index is 950. The molecule has 2 aromatic rings. The van der Waals surface area contributed by atoms with E-state index in [4.69, 9.17) is 17.3 Å². The Morgan fingerprint density at radius 1 is 1.18 bits per heavy atom. The predicted molar refractivity (Wildman–Crippen MR) is 137 cm³/mol. The number of carbonyl (C=O) groups excluding carboxylic acids is 1. The van der Waals surface area contributed by atoms with E-state index in [1.165, 1.54) is 37.0 Å². The third-order valence-electron chi connectivity index (χ3n) is 7.46. The summed E-state index contributed by atoms with van der Waals surface area (Å²) in [5.74, 6) is 1.89. The Morgan fingerprint density at radius 2 is 1.91 bits per heavy atom. The number of rotatable bonds is 8. The molecule has 1 N–H and O–H groups in total. The second kappa shape index (κ2) is 11.3. The van der Waals surface area contributed by atoms with Gasteiger partial charge in [-0.1, -0.05) is 39.2 Å². The minimum absolute atomic E-state index is 0.115. The molecule has 6 nitrogen and oxygen atoms in total. The molecule has 1 atom stereocenters. The molecule has 0 bridgehead atoms. The second-order valence-corrected chi connectivity index (χ2v) is 11.6. The molecule has 3 heterocycles. The second-order valence-electron chi connectivity index (χ2n) is 10.2. The normalized spacial score (nSPS) is 19.8. The fourth-order valence-corrected chi connectivity index (χ4v) is 6.04. The van der Waals surface area contributed by atoms with Gasteiger partial charge < -0.3 is 9.88 Å². The summed E-state index contributed by atoms with van der Waals surface area (Å²) in [6.07, 6.45) is 8.93. The smallest absolute Gasteiger partial charge is 0.223 e. The minimum Gasteiger partial charge on any atom is -0.353 e. The van der Waals surface area contributed by atoms with Crippen molar-refractivity contribution in [1.29, 1.82) is 0 Å². The van der Waals surface area contributed by atoms with Gasteiger partial charge in [-0.15, -0.1) is 11.3 Å². The molecule has 0 aromatic carbocycles. The average molecular weight is 490 g/mol. The van der Waals surface area contributed by atoms with E-state index in [1.807, 2.05) is 4.68 Å². The SMILES string of the molecule is CC(C)C(C)NC(=O)C1CCN(Cn2nc(Cc3cccs3)n(C3CCCCC3)c2=S)CC1. The van der Waals surface area contributed by atoms with Gasteiger partial charge in [-0.3, -0.25) is 9.69 Å². The van der Waals surface area contributed by atoms with E-state index in [0.29, 0.717) is 18.6 Å². The van der Waals surface area contributed by atoms with E-state index in [9.17, 15) is 4.79 Å². The third-order valence-corrected chi connectivity index (χ3v) is 8.74. The van der Waals surface area contributed by atoms with Crippen molar-refractivity contribution in [3.05, 3.63) is 33.0 Å². The van der Waals surface area contributed by atoms with Crippen molar-refractivity contribution in [1.82, 2.24) is 24.6 Å². The van der Waals surface area contributed by atoms with Crippen LogP contribution in [0, 0.1) is 16.6 Å². The van der Waals surface area contributed by atoms with E-state index in [2.05, 4.69) is 53.1 Å². The van der Waals surface area contributed by atoms with Crippen molar-refractivity contribution in [2.75, 3.05) is 13.1 Å². The maximum Gasteiger partial charge on any atom is 0.223 e. The Morgan fingerprint density at radius 3 is 2.55 bits per heavy atom. The van der Waals surface area contributed by atoms with Crippen LogP contribution in [-0.2, 0) is 17.9 Å². The third kappa shape index (κ3) is 6.14. The highest BCUT2D eigenvalue weighted by atomic mass is 32.1. The largest absolute Gasteiger partial charge is 0.353 e. The molecule has 1 amide bonds. The van der Waals surface area contributed by atoms with Crippen molar-refractivity contribution < 1.29 is 4.79 Å². The zero-order valence-corrected chi connectivity index (χ0v) is 22.0. The van der Waals surface area contributed by atoms with Gasteiger partial charge in [0.25, 0.3) is 0 Å². The van der Waals surface area contributed by atoms with Crippen LogP contribution in [0.1, 0.15) is 82.5 Å². The van der Waals surface area contributed by atoms with Crippen molar-refractivity contribution in [3.63, 3.8) is 0 Å². The Balaban J connectivity index is 1.42. The molecule has 1 saturated heterocycles. The van der Waals surface area contributed by atoms with Gasteiger partial charge in [-0.05, 0) is 62.2 Å². The summed E-state index contributed by atoms with van der Waals surface area (Å²) in [7, 11) is 0. The van der Waals surface area contributed by atoms with Crippen LogP contribution in [0.5, 0.6) is 0 Å². The number of amides is 1. The number of likely N-dealkylation sites (tertiary alicyclic amines) is 1. The first-order valence-corrected chi connectivity index (χ1v) is 13.9. The van der Waals surface area contributed by atoms with Crippen LogP contribution in [-0.4, -0.2) is 44.3 Å². The van der Waals surface area contributed by atoms with Crippen LogP contribution in [0.25, 0.3) is 0 Å². The fraction of sp³-hybridized carbons (Fsp3) is 0.720. The maximum absolute atomic E-state index is 12.6. The van der Waals surface area contributed by atoms with Crippen molar-refractivity contribution in [2.24, 2.45) is 11.8 Å². The lowest BCUT2D eigenvalue weighted by molar-refractivity contribution is -0.127. The number of carbonyl (C=O) groups is 1. The van der Waals surface area contributed by atoms with Crippen molar-refractivity contribution >= 4 is 29.5 Å². The van der Waals surface area contributed by atoms with Gasteiger partial charge in [0.15, 0.2) is 4.77 Å². The van der Waals surface area contributed by atoms with Gasteiger partial charge in [-0.2, -0.15) is 5.10 Å². The lowest BCUT2D eigenvalue weighted by Gasteiger charge is -2.32. The van der Waals surface area contributed by atoms with Crippen molar-refractivity contribution in [3.8, 4) is 0 Å². The van der Waals surface area contributed by atoms with Crippen molar-refractivity contribution in [2.45, 2.75) is 90.9 Å². The number of nitrogens with one attached hydrogen (secondary N) is 1. The molecular formula is C25H39N5OS2. The number of aromatic nitrogens is 3. The summed E-state index contributed by atoms with van der Waals surface area (Å²) in [6, 6.07) is 5.00. The summed E-state index contributed by atoms with van der Waals surface area (Å²) in [4.78, 5) is 16.4. The molecule has 1 aliphatic carbocycles. The number of hydrogen-bond donors (Lipinski definition) is 1. The molecule has 2 aliphatic rings. The molecule has 182 valence electrons. The summed E-state index contributed by atoms with van der Waals surface area (Å²) < 4.78 is 5.26. The molecule has 1 unspecified atom stereocenters. The van der Waals surface area contributed by atoms with Crippen LogP contribution in [0.4, 0.5) is 0 Å². The molecule has 2 fully saturated rings. The van der Waals surface area contributed by atoms with Crippen LogP contribution < -0.4 is 5.32 Å². The Hall–Kier alpha value is -1.51. The first-order chi connectivity index (χ1) is 15.9. The van der Waals surface area contributed by atoms with Gasteiger partial charge in [0, 0.05) is 42.4 Å². The predicted octanol–water partition coefficient (Wildman–Crippen LogP) is 5.40. The average Bonchev–Trinajstić information content (AvgIpc) is 3.43.